The Morgan fingerprint density at radius 3 is 2.93 bits per heavy atom. The van der Waals surface area contributed by atoms with Gasteiger partial charge in [0.25, 0.3) is 5.56 Å². The van der Waals surface area contributed by atoms with Gasteiger partial charge in [-0.15, -0.1) is 0 Å². The van der Waals surface area contributed by atoms with Crippen LogP contribution in [-0.2, 0) is 0 Å². The number of hydrogen-bond donors (Lipinski definition) is 2. The van der Waals surface area contributed by atoms with Crippen LogP contribution in [0.15, 0.2) is 17.1 Å². The standard InChI is InChI=1S/C11H17N3O/c1-11(4-2-3-5-11)8-12-9-6-10(15)14-13-7-9/h6-7H,2-5,8H2,1H3,(H2,12,14,15). The van der Waals surface area contributed by atoms with Crippen molar-refractivity contribution in [3.8, 4) is 0 Å². The highest BCUT2D eigenvalue weighted by molar-refractivity contribution is 5.38. The quantitative estimate of drug-likeness (QED) is 0.794. The molecule has 2 rings (SSSR count). The fraction of sp³-hybridized carbons (Fsp3) is 0.636. The molecule has 1 fully saturated rings. The number of nitrogens with one attached hydrogen (secondary N) is 2. The van der Waals surface area contributed by atoms with E-state index in [1.165, 1.54) is 25.7 Å². The Bertz CT molecular complexity index is 379. The Balaban J connectivity index is 1.95. The molecule has 0 aliphatic heterocycles. The smallest absolute Gasteiger partial charge is 0.266 e. The molecule has 82 valence electrons. The van der Waals surface area contributed by atoms with E-state index in [2.05, 4.69) is 22.4 Å². The van der Waals surface area contributed by atoms with Gasteiger partial charge in [0.1, 0.15) is 0 Å². The maximum Gasteiger partial charge on any atom is 0.266 e. The van der Waals surface area contributed by atoms with E-state index < -0.39 is 0 Å². The highest BCUT2D eigenvalue weighted by Gasteiger charge is 2.28. The molecular formula is C11H17N3O. The van der Waals surface area contributed by atoms with Gasteiger partial charge in [-0.2, -0.15) is 5.10 Å². The van der Waals surface area contributed by atoms with Crippen LogP contribution in [-0.4, -0.2) is 16.7 Å². The van der Waals surface area contributed by atoms with Crippen molar-refractivity contribution in [2.45, 2.75) is 32.6 Å². The minimum Gasteiger partial charge on any atom is -0.383 e. The van der Waals surface area contributed by atoms with E-state index in [9.17, 15) is 4.79 Å². The zero-order valence-electron chi connectivity index (χ0n) is 9.05. The predicted molar refractivity (Wildman–Crippen MR) is 59.9 cm³/mol. The van der Waals surface area contributed by atoms with E-state index in [1.807, 2.05) is 0 Å². The predicted octanol–water partition coefficient (Wildman–Crippen LogP) is 1.76. The number of anilines is 1. The van der Waals surface area contributed by atoms with Gasteiger partial charge in [-0.05, 0) is 18.3 Å². The third-order valence-corrected chi connectivity index (χ3v) is 3.19. The molecule has 1 aliphatic carbocycles. The van der Waals surface area contributed by atoms with Crippen molar-refractivity contribution >= 4 is 5.69 Å². The number of hydrogen-bond acceptors (Lipinski definition) is 3. The lowest BCUT2D eigenvalue weighted by molar-refractivity contribution is 0.362. The van der Waals surface area contributed by atoms with Crippen LogP contribution in [0.4, 0.5) is 5.69 Å². The monoisotopic (exact) mass is 207 g/mol. The second-order valence-corrected chi connectivity index (χ2v) is 4.71. The molecule has 2 N–H and O–H groups in total. The van der Waals surface area contributed by atoms with Gasteiger partial charge >= 0.3 is 0 Å². The van der Waals surface area contributed by atoms with E-state index in [4.69, 9.17) is 0 Å². The lowest BCUT2D eigenvalue weighted by atomic mass is 9.89. The molecule has 0 unspecified atom stereocenters. The van der Waals surface area contributed by atoms with Gasteiger partial charge in [0.2, 0.25) is 0 Å². The lowest BCUT2D eigenvalue weighted by Crippen LogP contribution is -2.23. The summed E-state index contributed by atoms with van der Waals surface area (Å²) in [7, 11) is 0. The van der Waals surface area contributed by atoms with Crippen molar-refractivity contribution in [1.29, 1.82) is 0 Å². The van der Waals surface area contributed by atoms with E-state index in [0.29, 0.717) is 5.41 Å². The number of aromatic amines is 1. The van der Waals surface area contributed by atoms with E-state index >= 15 is 0 Å². The number of aromatic nitrogens is 2. The maximum absolute atomic E-state index is 11.0. The Kier molecular flexibility index (Phi) is 2.75. The van der Waals surface area contributed by atoms with Gasteiger partial charge in [-0.25, -0.2) is 5.10 Å². The summed E-state index contributed by atoms with van der Waals surface area (Å²) in [6.07, 6.45) is 6.85. The van der Waals surface area contributed by atoms with Gasteiger partial charge in [-0.1, -0.05) is 19.8 Å². The minimum atomic E-state index is -0.156. The number of rotatable bonds is 3. The van der Waals surface area contributed by atoms with Gasteiger partial charge in [0.05, 0.1) is 11.9 Å². The Morgan fingerprint density at radius 2 is 2.27 bits per heavy atom. The van der Waals surface area contributed by atoms with Crippen LogP contribution in [0.5, 0.6) is 0 Å². The molecule has 0 saturated heterocycles. The molecule has 0 atom stereocenters. The summed E-state index contributed by atoms with van der Waals surface area (Å²) >= 11 is 0. The van der Waals surface area contributed by atoms with Crippen LogP contribution in [0.3, 0.4) is 0 Å². The first-order valence-corrected chi connectivity index (χ1v) is 5.47. The van der Waals surface area contributed by atoms with Gasteiger partial charge in [0.15, 0.2) is 0 Å². The molecule has 1 aliphatic rings. The Hall–Kier alpha value is -1.32. The third-order valence-electron chi connectivity index (χ3n) is 3.19. The molecule has 4 heteroatoms. The number of H-pyrrole nitrogens is 1. The molecule has 1 aromatic heterocycles. The maximum atomic E-state index is 11.0. The minimum absolute atomic E-state index is 0.156. The normalized spacial score (nSPS) is 19.0. The van der Waals surface area contributed by atoms with E-state index in [0.717, 1.165) is 12.2 Å². The fourth-order valence-corrected chi connectivity index (χ4v) is 2.19. The molecular weight excluding hydrogens is 190 g/mol. The van der Waals surface area contributed by atoms with Crippen LogP contribution in [0.2, 0.25) is 0 Å². The van der Waals surface area contributed by atoms with E-state index in [-0.39, 0.29) is 5.56 Å². The number of nitrogens with zero attached hydrogens (tertiary/aromatic N) is 1. The first-order valence-electron chi connectivity index (χ1n) is 5.47. The molecule has 4 nitrogen and oxygen atoms in total. The van der Waals surface area contributed by atoms with Gasteiger partial charge in [-0.3, -0.25) is 4.79 Å². The largest absolute Gasteiger partial charge is 0.383 e. The van der Waals surface area contributed by atoms with Crippen LogP contribution in [0.25, 0.3) is 0 Å². The Morgan fingerprint density at radius 1 is 1.53 bits per heavy atom. The average Bonchev–Trinajstić information content (AvgIpc) is 2.63. The lowest BCUT2D eigenvalue weighted by Gasteiger charge is -2.24. The summed E-state index contributed by atoms with van der Waals surface area (Å²) in [5.41, 5.74) is 1.05. The summed E-state index contributed by atoms with van der Waals surface area (Å²) in [6, 6.07) is 1.55. The van der Waals surface area contributed by atoms with Crippen LogP contribution >= 0.6 is 0 Å². The molecule has 15 heavy (non-hydrogen) atoms. The first-order chi connectivity index (χ1) is 7.18. The van der Waals surface area contributed by atoms with Crippen LogP contribution < -0.4 is 10.9 Å². The molecule has 0 radical (unpaired) electrons. The molecule has 1 aromatic rings. The van der Waals surface area contributed by atoms with Crippen molar-refractivity contribution in [3.05, 3.63) is 22.6 Å². The van der Waals surface area contributed by atoms with Crippen LogP contribution in [0, 0.1) is 5.41 Å². The summed E-state index contributed by atoms with van der Waals surface area (Å²) in [6.45, 7) is 3.23. The van der Waals surface area contributed by atoms with Crippen molar-refractivity contribution in [3.63, 3.8) is 0 Å². The van der Waals surface area contributed by atoms with Gasteiger partial charge < -0.3 is 5.32 Å². The molecule has 0 spiro atoms. The molecule has 0 amide bonds. The van der Waals surface area contributed by atoms with Crippen molar-refractivity contribution < 1.29 is 0 Å². The Labute approximate surface area is 89.1 Å². The van der Waals surface area contributed by atoms with Crippen molar-refractivity contribution in [2.75, 3.05) is 11.9 Å². The summed E-state index contributed by atoms with van der Waals surface area (Å²) < 4.78 is 0. The summed E-state index contributed by atoms with van der Waals surface area (Å²) in [5.74, 6) is 0. The summed E-state index contributed by atoms with van der Waals surface area (Å²) in [4.78, 5) is 11.0. The molecule has 0 bridgehead atoms. The van der Waals surface area contributed by atoms with Crippen molar-refractivity contribution in [1.82, 2.24) is 10.2 Å². The molecule has 1 heterocycles. The SMILES string of the molecule is CC1(CNc2cn[nH]c(=O)c2)CCCC1. The molecule has 0 aromatic carbocycles. The zero-order valence-corrected chi connectivity index (χ0v) is 9.05. The first kappa shape index (κ1) is 10.2. The van der Waals surface area contributed by atoms with Crippen LogP contribution in [0.1, 0.15) is 32.6 Å². The zero-order chi connectivity index (χ0) is 10.7. The second-order valence-electron chi connectivity index (χ2n) is 4.71. The summed E-state index contributed by atoms with van der Waals surface area (Å²) in [5, 5.41) is 9.40. The highest BCUT2D eigenvalue weighted by atomic mass is 16.1. The third kappa shape index (κ3) is 2.58. The highest BCUT2D eigenvalue weighted by Crippen LogP contribution is 2.37. The van der Waals surface area contributed by atoms with Gasteiger partial charge in [0, 0.05) is 12.6 Å². The van der Waals surface area contributed by atoms with E-state index in [1.54, 1.807) is 12.3 Å². The second kappa shape index (κ2) is 4.04. The average molecular weight is 207 g/mol. The molecule has 1 saturated carbocycles. The fourth-order valence-electron chi connectivity index (χ4n) is 2.19. The topological polar surface area (TPSA) is 57.8 Å². The van der Waals surface area contributed by atoms with Crippen molar-refractivity contribution in [2.24, 2.45) is 5.41 Å².